The second-order valence-electron chi connectivity index (χ2n) is 4.00. The summed E-state index contributed by atoms with van der Waals surface area (Å²) in [6.45, 7) is 0. The fourth-order valence-corrected chi connectivity index (χ4v) is 2.85. The van der Waals surface area contributed by atoms with Crippen LogP contribution in [0.25, 0.3) is 10.1 Å². The first-order valence-electron chi connectivity index (χ1n) is 5.61. The summed E-state index contributed by atoms with van der Waals surface area (Å²) in [5.41, 5.74) is 0.877. The molecule has 0 saturated heterocycles. The van der Waals surface area contributed by atoms with Crippen molar-refractivity contribution in [2.45, 2.75) is 0 Å². The van der Waals surface area contributed by atoms with Gasteiger partial charge in [0.05, 0.1) is 5.56 Å². The van der Waals surface area contributed by atoms with E-state index in [1.165, 1.54) is 6.07 Å². The van der Waals surface area contributed by atoms with Gasteiger partial charge in [-0.25, -0.2) is 0 Å². The molecule has 100 valence electrons. The summed E-state index contributed by atoms with van der Waals surface area (Å²) in [7, 11) is 0. The van der Waals surface area contributed by atoms with Crippen LogP contribution in [0.2, 0.25) is 10.3 Å². The van der Waals surface area contributed by atoms with E-state index in [1.807, 2.05) is 29.6 Å². The van der Waals surface area contributed by atoms with E-state index < -0.39 is 0 Å². The number of benzene rings is 1. The summed E-state index contributed by atoms with van der Waals surface area (Å²) in [4.78, 5) is 12.1. The fraction of sp³-hybridized carbons (Fsp3) is 0. The number of aromatic nitrogens is 2. The quantitative estimate of drug-likeness (QED) is 0.767. The van der Waals surface area contributed by atoms with E-state index in [4.69, 9.17) is 23.2 Å². The Kier molecular flexibility index (Phi) is 3.56. The number of hydrogen-bond acceptors (Lipinski definition) is 4. The lowest BCUT2D eigenvalue weighted by atomic mass is 10.2. The number of thiophene rings is 1. The zero-order chi connectivity index (χ0) is 14.1. The van der Waals surface area contributed by atoms with Gasteiger partial charge in [0.2, 0.25) is 0 Å². The van der Waals surface area contributed by atoms with Gasteiger partial charge in [0.25, 0.3) is 5.91 Å². The molecular formula is C13H7Cl2N3OS. The molecule has 20 heavy (non-hydrogen) atoms. The highest BCUT2D eigenvalue weighted by Gasteiger charge is 2.13. The van der Waals surface area contributed by atoms with Crippen molar-refractivity contribution in [3.8, 4) is 0 Å². The van der Waals surface area contributed by atoms with E-state index >= 15 is 0 Å². The topological polar surface area (TPSA) is 54.9 Å². The molecule has 4 nitrogen and oxygen atoms in total. The lowest BCUT2D eigenvalue weighted by molar-refractivity contribution is 0.102. The molecule has 3 aromatic rings. The Balaban J connectivity index is 1.89. The average Bonchev–Trinajstić information content (AvgIpc) is 2.89. The third-order valence-electron chi connectivity index (χ3n) is 2.67. The van der Waals surface area contributed by atoms with Crippen molar-refractivity contribution in [3.05, 3.63) is 51.6 Å². The molecule has 0 unspecified atom stereocenters. The molecule has 0 aliphatic rings. The molecule has 0 aliphatic carbocycles. The highest BCUT2D eigenvalue weighted by Crippen LogP contribution is 2.25. The highest BCUT2D eigenvalue weighted by molar-refractivity contribution is 7.17. The van der Waals surface area contributed by atoms with Crippen LogP contribution in [0.5, 0.6) is 0 Å². The molecule has 7 heteroatoms. The first-order chi connectivity index (χ1) is 9.63. The Labute approximate surface area is 128 Å². The highest BCUT2D eigenvalue weighted by atomic mass is 35.5. The maximum absolute atomic E-state index is 12.1. The van der Waals surface area contributed by atoms with Crippen molar-refractivity contribution in [2.24, 2.45) is 0 Å². The summed E-state index contributed by atoms with van der Waals surface area (Å²) >= 11 is 13.2. The monoisotopic (exact) mass is 323 g/mol. The first-order valence-corrected chi connectivity index (χ1v) is 7.24. The second-order valence-corrected chi connectivity index (χ2v) is 5.69. The van der Waals surface area contributed by atoms with Crippen molar-refractivity contribution in [1.29, 1.82) is 0 Å². The van der Waals surface area contributed by atoms with Gasteiger partial charge in [-0.2, -0.15) is 0 Å². The van der Waals surface area contributed by atoms with Crippen molar-refractivity contribution < 1.29 is 4.79 Å². The first kappa shape index (κ1) is 13.3. The second kappa shape index (κ2) is 5.36. The molecule has 0 aliphatic heterocycles. The molecule has 2 aromatic heterocycles. The average molecular weight is 324 g/mol. The van der Waals surface area contributed by atoms with Gasteiger partial charge < -0.3 is 5.32 Å². The summed E-state index contributed by atoms with van der Waals surface area (Å²) in [6.07, 6.45) is 0. The number of fused-ring (bicyclic) bond motifs is 1. The van der Waals surface area contributed by atoms with Gasteiger partial charge in [-0.05, 0) is 41.1 Å². The van der Waals surface area contributed by atoms with E-state index in [9.17, 15) is 4.79 Å². The summed E-state index contributed by atoms with van der Waals surface area (Å²) < 4.78 is 1.16. The molecule has 1 amide bonds. The largest absolute Gasteiger partial charge is 0.322 e. The smallest absolute Gasteiger partial charge is 0.258 e. The van der Waals surface area contributed by atoms with Gasteiger partial charge in [0.1, 0.15) is 0 Å². The lowest BCUT2D eigenvalue weighted by Crippen LogP contribution is -2.13. The maximum atomic E-state index is 12.1. The third kappa shape index (κ3) is 2.60. The number of hydrogen-bond donors (Lipinski definition) is 1. The predicted octanol–water partition coefficient (Wildman–Crippen LogP) is 4.25. The molecule has 0 fully saturated rings. The minimum Gasteiger partial charge on any atom is -0.322 e. The molecule has 1 N–H and O–H groups in total. The third-order valence-corrected chi connectivity index (χ3v) is 4.04. The van der Waals surface area contributed by atoms with Gasteiger partial charge >= 0.3 is 0 Å². The molecule has 3 rings (SSSR count). The van der Waals surface area contributed by atoms with E-state index in [1.54, 1.807) is 11.3 Å². The summed E-state index contributed by atoms with van der Waals surface area (Å²) in [5, 5.41) is 13.1. The van der Waals surface area contributed by atoms with Crippen molar-refractivity contribution >= 4 is 56.2 Å². The summed E-state index contributed by atoms with van der Waals surface area (Å²) in [5.74, 6) is -0.374. The van der Waals surface area contributed by atoms with Crippen LogP contribution in [0.15, 0.2) is 35.7 Å². The maximum Gasteiger partial charge on any atom is 0.258 e. The van der Waals surface area contributed by atoms with Gasteiger partial charge in [-0.1, -0.05) is 23.2 Å². The van der Waals surface area contributed by atoms with Crippen molar-refractivity contribution in [1.82, 2.24) is 10.2 Å². The molecule has 0 saturated carbocycles. The van der Waals surface area contributed by atoms with E-state index in [0.29, 0.717) is 5.69 Å². The fourth-order valence-electron chi connectivity index (χ4n) is 1.76. The predicted molar refractivity (Wildman–Crippen MR) is 81.8 cm³/mol. The number of rotatable bonds is 2. The Morgan fingerprint density at radius 1 is 1.15 bits per heavy atom. The van der Waals surface area contributed by atoms with Crippen LogP contribution < -0.4 is 5.32 Å². The van der Waals surface area contributed by atoms with E-state index in [2.05, 4.69) is 15.5 Å². The van der Waals surface area contributed by atoms with Gasteiger partial charge in [0, 0.05) is 10.4 Å². The van der Waals surface area contributed by atoms with Gasteiger partial charge in [-0.15, -0.1) is 21.5 Å². The molecule has 0 atom stereocenters. The van der Waals surface area contributed by atoms with Crippen LogP contribution in [0.3, 0.4) is 0 Å². The number of halogens is 2. The van der Waals surface area contributed by atoms with Crippen molar-refractivity contribution in [2.75, 3.05) is 5.32 Å². The lowest BCUT2D eigenvalue weighted by Gasteiger charge is -2.06. The summed E-state index contributed by atoms with van der Waals surface area (Å²) in [6, 6.07) is 9.06. The van der Waals surface area contributed by atoms with E-state index in [-0.39, 0.29) is 21.8 Å². The number of carbonyl (C=O) groups is 1. The minimum absolute atomic E-state index is 0.0171. The molecule has 0 spiro atoms. The Morgan fingerprint density at radius 2 is 2.00 bits per heavy atom. The minimum atomic E-state index is -0.374. The van der Waals surface area contributed by atoms with Crippen LogP contribution in [0, 0.1) is 0 Å². The zero-order valence-electron chi connectivity index (χ0n) is 9.93. The van der Waals surface area contributed by atoms with Crippen LogP contribution >= 0.6 is 34.5 Å². The van der Waals surface area contributed by atoms with Crippen LogP contribution in [-0.2, 0) is 0 Å². The molecule has 1 aromatic carbocycles. The van der Waals surface area contributed by atoms with Crippen LogP contribution in [0.4, 0.5) is 5.69 Å². The SMILES string of the molecule is O=C(Nc1ccc2sccc2c1)c1cc(Cl)nnc1Cl. The Morgan fingerprint density at radius 3 is 2.85 bits per heavy atom. The Hall–Kier alpha value is -1.69. The van der Waals surface area contributed by atoms with Gasteiger partial charge in [-0.3, -0.25) is 4.79 Å². The molecular weight excluding hydrogens is 317 g/mol. The molecule has 0 radical (unpaired) electrons. The molecule has 0 bridgehead atoms. The normalized spacial score (nSPS) is 10.7. The van der Waals surface area contributed by atoms with Crippen molar-refractivity contribution in [3.63, 3.8) is 0 Å². The standard InChI is InChI=1S/C13H7Cl2N3OS/c14-11-6-9(12(15)18-17-11)13(19)16-8-1-2-10-7(5-8)3-4-20-10/h1-6H,(H,16,19). The number of carbonyl (C=O) groups excluding carboxylic acids is 1. The number of nitrogens with one attached hydrogen (secondary N) is 1. The number of nitrogens with zero attached hydrogens (tertiary/aromatic N) is 2. The molecule has 2 heterocycles. The van der Waals surface area contributed by atoms with Crippen LogP contribution in [0.1, 0.15) is 10.4 Å². The van der Waals surface area contributed by atoms with Crippen LogP contribution in [-0.4, -0.2) is 16.1 Å². The van der Waals surface area contributed by atoms with E-state index in [0.717, 1.165) is 10.1 Å². The number of anilines is 1. The van der Waals surface area contributed by atoms with Gasteiger partial charge in [0.15, 0.2) is 10.3 Å². The number of amides is 1. The zero-order valence-corrected chi connectivity index (χ0v) is 12.3. The Bertz CT molecular complexity index is 803.